The number of nitrogens with one attached hydrogen (secondary N) is 1. The first-order valence-electron chi connectivity index (χ1n) is 12.8. The fourth-order valence-electron chi connectivity index (χ4n) is 4.96. The number of sulfonamides is 1. The van der Waals surface area contributed by atoms with Gasteiger partial charge in [-0.05, 0) is 60.5 Å². The summed E-state index contributed by atoms with van der Waals surface area (Å²) in [6.45, 7) is 1.90. The van der Waals surface area contributed by atoms with E-state index in [1.165, 1.54) is 12.1 Å². The zero-order chi connectivity index (χ0) is 28.7. The van der Waals surface area contributed by atoms with Crippen molar-refractivity contribution in [3.63, 3.8) is 0 Å². The van der Waals surface area contributed by atoms with E-state index in [9.17, 15) is 18.0 Å². The summed E-state index contributed by atoms with van der Waals surface area (Å²) in [7, 11) is -2.35. The number of hydrogen-bond donors (Lipinski definition) is 1. The highest BCUT2D eigenvalue weighted by atomic mass is 32.2. The molecule has 3 heterocycles. The molecule has 0 fully saturated rings. The number of nitrogens with zero attached hydrogens (tertiary/aromatic N) is 2. The van der Waals surface area contributed by atoms with Gasteiger partial charge in [0, 0.05) is 35.9 Å². The van der Waals surface area contributed by atoms with Crippen LogP contribution in [0.5, 0.6) is 11.5 Å². The Morgan fingerprint density at radius 3 is 2.49 bits per heavy atom. The fourth-order valence-corrected chi connectivity index (χ4v) is 5.96. The highest BCUT2D eigenvalue weighted by Crippen LogP contribution is 2.39. The molecule has 41 heavy (non-hydrogen) atoms. The zero-order valence-corrected chi connectivity index (χ0v) is 23.0. The molecule has 0 radical (unpaired) electrons. The van der Waals surface area contributed by atoms with Crippen molar-refractivity contribution in [2.45, 2.75) is 17.7 Å². The zero-order valence-electron chi connectivity index (χ0n) is 22.2. The Bertz CT molecular complexity index is 1920. The van der Waals surface area contributed by atoms with E-state index in [0.29, 0.717) is 44.8 Å². The van der Waals surface area contributed by atoms with Crippen LogP contribution >= 0.6 is 0 Å². The smallest absolute Gasteiger partial charge is 0.264 e. The summed E-state index contributed by atoms with van der Waals surface area (Å²) in [6.07, 6.45) is 3.33. The molecule has 0 saturated carbocycles. The first kappa shape index (κ1) is 26.3. The van der Waals surface area contributed by atoms with Gasteiger partial charge in [-0.1, -0.05) is 42.0 Å². The SMILES string of the molecule is Cc1ccc(S(=O)(=O)NC(=O)C(c2ccc3c(c2)OCO3)c2cn(C)c3cc(C(=O)c4ccccn4)ccc23)cc1. The number of amides is 1. The van der Waals surface area contributed by atoms with Gasteiger partial charge in [0.05, 0.1) is 10.8 Å². The molecule has 1 N–H and O–H groups in total. The Labute approximate surface area is 236 Å². The van der Waals surface area contributed by atoms with Crippen LogP contribution < -0.4 is 14.2 Å². The van der Waals surface area contributed by atoms with Gasteiger partial charge in [-0.2, -0.15) is 0 Å². The number of carbonyl (C=O) groups excluding carboxylic acids is 2. The van der Waals surface area contributed by atoms with Gasteiger partial charge in [0.15, 0.2) is 11.5 Å². The maximum Gasteiger partial charge on any atom is 0.264 e. The number of aryl methyl sites for hydroxylation is 2. The third kappa shape index (κ3) is 4.93. The summed E-state index contributed by atoms with van der Waals surface area (Å²) in [4.78, 5) is 31.1. The number of pyridine rings is 1. The molecule has 2 aromatic heterocycles. The van der Waals surface area contributed by atoms with Crippen LogP contribution in [0.1, 0.15) is 38.7 Å². The van der Waals surface area contributed by atoms with Gasteiger partial charge >= 0.3 is 0 Å². The molecule has 9 nitrogen and oxygen atoms in total. The first-order chi connectivity index (χ1) is 19.7. The van der Waals surface area contributed by atoms with Gasteiger partial charge in [-0.15, -0.1) is 0 Å². The van der Waals surface area contributed by atoms with E-state index in [1.54, 1.807) is 86.2 Å². The molecular weight excluding hydrogens is 542 g/mol. The minimum absolute atomic E-state index is 0.0171. The predicted molar refractivity (Wildman–Crippen MR) is 152 cm³/mol. The molecule has 3 aromatic carbocycles. The van der Waals surface area contributed by atoms with E-state index >= 15 is 0 Å². The Morgan fingerprint density at radius 1 is 0.951 bits per heavy atom. The number of ketones is 1. The summed E-state index contributed by atoms with van der Waals surface area (Å²) < 4.78 is 41.5. The van der Waals surface area contributed by atoms with Crippen molar-refractivity contribution in [1.29, 1.82) is 0 Å². The van der Waals surface area contributed by atoms with Crippen LogP contribution in [-0.4, -0.2) is 36.5 Å². The van der Waals surface area contributed by atoms with Crippen LogP contribution in [0.2, 0.25) is 0 Å². The van der Waals surface area contributed by atoms with Gasteiger partial charge in [0.1, 0.15) is 5.69 Å². The number of ether oxygens (including phenoxy) is 2. The lowest BCUT2D eigenvalue weighted by Crippen LogP contribution is -2.35. The average molecular weight is 568 g/mol. The Balaban J connectivity index is 1.44. The van der Waals surface area contributed by atoms with Gasteiger partial charge in [0.2, 0.25) is 18.5 Å². The van der Waals surface area contributed by atoms with Crippen molar-refractivity contribution < 1.29 is 27.5 Å². The third-order valence-electron chi connectivity index (χ3n) is 7.05. The molecule has 1 aliphatic rings. The molecule has 206 valence electrons. The minimum Gasteiger partial charge on any atom is -0.454 e. The van der Waals surface area contributed by atoms with Crippen LogP contribution in [0.15, 0.2) is 96.2 Å². The number of rotatable bonds is 7. The van der Waals surface area contributed by atoms with E-state index in [2.05, 4.69) is 9.71 Å². The quantitative estimate of drug-likeness (QED) is 0.288. The summed E-state index contributed by atoms with van der Waals surface area (Å²) in [5, 5.41) is 0.690. The van der Waals surface area contributed by atoms with Crippen LogP contribution in [0.3, 0.4) is 0 Å². The largest absolute Gasteiger partial charge is 0.454 e. The summed E-state index contributed by atoms with van der Waals surface area (Å²) >= 11 is 0. The third-order valence-corrected chi connectivity index (χ3v) is 8.41. The maximum atomic E-state index is 13.9. The number of benzene rings is 3. The van der Waals surface area contributed by atoms with E-state index in [-0.39, 0.29) is 17.5 Å². The van der Waals surface area contributed by atoms with Gasteiger partial charge < -0.3 is 14.0 Å². The van der Waals surface area contributed by atoms with Gasteiger partial charge in [0.25, 0.3) is 10.0 Å². The van der Waals surface area contributed by atoms with Crippen LogP contribution in [0, 0.1) is 6.92 Å². The molecule has 10 heteroatoms. The second kappa shape index (κ2) is 10.2. The summed E-state index contributed by atoms with van der Waals surface area (Å²) in [5.74, 6) is -0.984. The average Bonchev–Trinajstić information content (AvgIpc) is 3.57. The minimum atomic E-state index is -4.16. The molecule has 1 unspecified atom stereocenters. The molecule has 5 aromatic rings. The van der Waals surface area contributed by atoms with E-state index in [1.807, 2.05) is 11.5 Å². The highest BCUT2D eigenvalue weighted by Gasteiger charge is 2.31. The van der Waals surface area contributed by atoms with E-state index in [4.69, 9.17) is 9.47 Å². The van der Waals surface area contributed by atoms with Gasteiger partial charge in [-0.3, -0.25) is 14.6 Å². The summed E-state index contributed by atoms with van der Waals surface area (Å²) in [5.41, 5.74) is 3.43. The predicted octanol–water partition coefficient (Wildman–Crippen LogP) is 4.48. The topological polar surface area (TPSA) is 117 Å². The molecule has 1 aliphatic heterocycles. The van der Waals surface area contributed by atoms with Crippen molar-refractivity contribution in [2.75, 3.05) is 6.79 Å². The molecule has 1 atom stereocenters. The standard InChI is InChI=1S/C31H25N3O6S/c1-19-6-10-22(11-7-19)41(37,38)33-31(36)29(20-9-13-27-28(16-20)40-18-39-27)24-17-34(2)26-15-21(8-12-23(24)26)30(35)25-5-3-4-14-32-25/h3-17,29H,18H2,1-2H3,(H,33,36). The van der Waals surface area contributed by atoms with Crippen molar-refractivity contribution in [1.82, 2.24) is 14.3 Å². The second-order valence-electron chi connectivity index (χ2n) is 9.80. The number of aromatic nitrogens is 2. The first-order valence-corrected chi connectivity index (χ1v) is 14.3. The molecule has 6 rings (SSSR count). The lowest BCUT2D eigenvalue weighted by atomic mass is 9.89. The van der Waals surface area contributed by atoms with Crippen LogP contribution in [0.25, 0.3) is 10.9 Å². The Morgan fingerprint density at radius 2 is 1.73 bits per heavy atom. The highest BCUT2D eigenvalue weighted by molar-refractivity contribution is 7.90. The lowest BCUT2D eigenvalue weighted by Gasteiger charge is -2.18. The number of hydrogen-bond acceptors (Lipinski definition) is 7. The molecule has 1 amide bonds. The lowest BCUT2D eigenvalue weighted by molar-refractivity contribution is -0.119. The van der Waals surface area contributed by atoms with Crippen molar-refractivity contribution in [2.24, 2.45) is 7.05 Å². The van der Waals surface area contributed by atoms with Crippen molar-refractivity contribution >= 4 is 32.6 Å². The maximum absolute atomic E-state index is 13.9. The molecular formula is C31H25N3O6S. The van der Waals surface area contributed by atoms with Gasteiger partial charge in [-0.25, -0.2) is 13.1 Å². The van der Waals surface area contributed by atoms with Crippen molar-refractivity contribution in [3.8, 4) is 11.5 Å². The fraction of sp³-hybridized carbons (Fsp3) is 0.129. The van der Waals surface area contributed by atoms with E-state index < -0.39 is 21.8 Å². The normalized spacial score (nSPS) is 13.2. The second-order valence-corrected chi connectivity index (χ2v) is 11.5. The molecule has 0 saturated heterocycles. The number of fused-ring (bicyclic) bond motifs is 2. The molecule has 0 bridgehead atoms. The Kier molecular flexibility index (Phi) is 6.55. The Hall–Kier alpha value is -4.96. The van der Waals surface area contributed by atoms with Crippen LogP contribution in [-0.2, 0) is 21.9 Å². The monoisotopic (exact) mass is 567 g/mol. The van der Waals surface area contributed by atoms with E-state index in [0.717, 1.165) is 5.56 Å². The van der Waals surface area contributed by atoms with Crippen molar-refractivity contribution in [3.05, 3.63) is 119 Å². The summed E-state index contributed by atoms with van der Waals surface area (Å²) in [6, 6.07) is 21.7. The van der Waals surface area contributed by atoms with Crippen LogP contribution in [0.4, 0.5) is 0 Å². The molecule has 0 aliphatic carbocycles. The number of carbonyl (C=O) groups is 2. The molecule has 0 spiro atoms.